The maximum Gasteiger partial charge on any atom is 0.269 e. The monoisotopic (exact) mass is 472 g/mol. The number of unbranched alkanes of at least 4 members (excludes halogenated alkanes) is 2. The summed E-state index contributed by atoms with van der Waals surface area (Å²) in [5, 5.41) is 20.0. The van der Waals surface area contributed by atoms with Crippen molar-refractivity contribution in [2.75, 3.05) is 5.73 Å². The molecule has 0 saturated heterocycles. The second kappa shape index (κ2) is 20.5. The number of nitrogen functional groups attached to an aromatic ring is 1. The standard InChI is InChI=1S/C14H21NO.C8H7NO3.C4H10.C2H6/c1-3-4-5-14(16)11(2)10-12-6-8-13(15)9-7-12;1-6(10)7-2-4-8(5-3-7)9(11)12;1-3-4-2;1-2/h5-9,11,16H,3-4,10,15H2,1-2H3;2-5H,1H3;3-4H2,1-2H3;1-2H3. The van der Waals surface area contributed by atoms with Crippen LogP contribution in [0.2, 0.25) is 0 Å². The minimum atomic E-state index is -0.496. The number of rotatable bonds is 8. The predicted molar refractivity (Wildman–Crippen MR) is 144 cm³/mol. The molecule has 0 heterocycles. The van der Waals surface area contributed by atoms with Gasteiger partial charge in [-0.15, -0.1) is 0 Å². The summed E-state index contributed by atoms with van der Waals surface area (Å²) in [6.45, 7) is 13.9. The van der Waals surface area contributed by atoms with Crippen molar-refractivity contribution in [3.63, 3.8) is 0 Å². The number of non-ortho nitro benzene ring substituents is 1. The van der Waals surface area contributed by atoms with E-state index in [0.29, 0.717) is 11.3 Å². The first kappa shape index (κ1) is 33.0. The number of allylic oxidation sites excluding steroid dienone is 2. The highest BCUT2D eigenvalue weighted by Gasteiger charge is 2.08. The lowest BCUT2D eigenvalue weighted by Gasteiger charge is -2.11. The van der Waals surface area contributed by atoms with E-state index in [1.165, 1.54) is 49.6 Å². The summed E-state index contributed by atoms with van der Waals surface area (Å²) in [7, 11) is 0. The van der Waals surface area contributed by atoms with Gasteiger partial charge in [0.15, 0.2) is 5.78 Å². The van der Waals surface area contributed by atoms with Crippen LogP contribution in [0.3, 0.4) is 0 Å². The van der Waals surface area contributed by atoms with E-state index in [0.717, 1.165) is 24.9 Å². The molecule has 0 aliphatic rings. The first-order chi connectivity index (χ1) is 16.2. The van der Waals surface area contributed by atoms with Crippen LogP contribution in [0.25, 0.3) is 0 Å². The first-order valence-electron chi connectivity index (χ1n) is 12.1. The zero-order valence-electron chi connectivity index (χ0n) is 22.0. The first-order valence-corrected chi connectivity index (χ1v) is 12.1. The number of hydrogen-bond acceptors (Lipinski definition) is 5. The number of nitro benzene ring substituents is 1. The fourth-order valence-electron chi connectivity index (χ4n) is 2.42. The summed E-state index contributed by atoms with van der Waals surface area (Å²) in [4.78, 5) is 20.5. The maximum absolute atomic E-state index is 10.8. The van der Waals surface area contributed by atoms with Crippen LogP contribution >= 0.6 is 0 Å². The fraction of sp³-hybridized carbons (Fsp3) is 0.464. The van der Waals surface area contributed by atoms with Gasteiger partial charge < -0.3 is 10.8 Å². The van der Waals surface area contributed by atoms with Crippen molar-refractivity contribution < 1.29 is 14.8 Å². The number of nitrogens with zero attached hydrogens (tertiary/aromatic N) is 1. The fourth-order valence-corrected chi connectivity index (χ4v) is 2.42. The van der Waals surface area contributed by atoms with Crippen LogP contribution < -0.4 is 5.73 Å². The zero-order valence-corrected chi connectivity index (χ0v) is 22.0. The van der Waals surface area contributed by atoms with Crippen molar-refractivity contribution in [1.82, 2.24) is 0 Å². The van der Waals surface area contributed by atoms with Gasteiger partial charge in [0.25, 0.3) is 5.69 Å². The second-order valence-corrected chi connectivity index (χ2v) is 7.62. The third-order valence-electron chi connectivity index (χ3n) is 4.65. The molecular formula is C28H44N2O4. The molecule has 0 fully saturated rings. The van der Waals surface area contributed by atoms with Gasteiger partial charge in [0, 0.05) is 29.3 Å². The Labute approximate surface area is 206 Å². The van der Waals surface area contributed by atoms with Crippen LogP contribution in [-0.2, 0) is 6.42 Å². The van der Waals surface area contributed by atoms with E-state index >= 15 is 0 Å². The Bertz CT molecular complexity index is 793. The molecule has 0 aromatic heterocycles. The van der Waals surface area contributed by atoms with Crippen LogP contribution in [-0.4, -0.2) is 15.8 Å². The minimum absolute atomic E-state index is 0.000000000000000222. The lowest BCUT2D eigenvalue weighted by molar-refractivity contribution is -0.384. The van der Waals surface area contributed by atoms with Crippen LogP contribution in [0, 0.1) is 16.0 Å². The molecule has 0 radical (unpaired) electrons. The van der Waals surface area contributed by atoms with Crippen molar-refractivity contribution in [3.8, 4) is 0 Å². The van der Waals surface area contributed by atoms with E-state index in [4.69, 9.17) is 5.73 Å². The highest BCUT2D eigenvalue weighted by atomic mass is 16.6. The van der Waals surface area contributed by atoms with Crippen molar-refractivity contribution in [2.45, 2.75) is 80.6 Å². The van der Waals surface area contributed by atoms with Crippen LogP contribution in [0.5, 0.6) is 0 Å². The number of carbonyl (C=O) groups excluding carboxylic acids is 1. The van der Waals surface area contributed by atoms with Crippen molar-refractivity contribution in [1.29, 1.82) is 0 Å². The lowest BCUT2D eigenvalue weighted by atomic mass is 9.98. The largest absolute Gasteiger partial charge is 0.512 e. The molecule has 0 amide bonds. The molecule has 2 aromatic rings. The van der Waals surface area contributed by atoms with Gasteiger partial charge in [-0.25, -0.2) is 0 Å². The van der Waals surface area contributed by atoms with E-state index in [1.807, 2.05) is 51.1 Å². The molecule has 1 unspecified atom stereocenters. The molecule has 2 aromatic carbocycles. The number of carbonyl (C=O) groups is 1. The summed E-state index contributed by atoms with van der Waals surface area (Å²) in [5.74, 6) is 0.582. The molecule has 0 bridgehead atoms. The Kier molecular flexibility index (Phi) is 19.9. The van der Waals surface area contributed by atoms with Crippen LogP contribution in [0.1, 0.15) is 90.1 Å². The second-order valence-electron chi connectivity index (χ2n) is 7.62. The number of benzene rings is 2. The van der Waals surface area contributed by atoms with E-state index < -0.39 is 4.92 Å². The molecule has 3 N–H and O–H groups in total. The smallest absolute Gasteiger partial charge is 0.269 e. The van der Waals surface area contributed by atoms with Crippen molar-refractivity contribution in [3.05, 3.63) is 81.6 Å². The number of ketones is 1. The van der Waals surface area contributed by atoms with Gasteiger partial charge in [-0.3, -0.25) is 14.9 Å². The maximum atomic E-state index is 10.8. The molecule has 2 rings (SSSR count). The Morgan fingerprint density at radius 1 is 1.00 bits per heavy atom. The molecule has 0 aliphatic carbocycles. The number of aliphatic hydroxyl groups excluding tert-OH is 1. The quantitative estimate of drug-likeness (QED) is 0.132. The molecule has 0 aliphatic heterocycles. The van der Waals surface area contributed by atoms with Gasteiger partial charge in [-0.1, -0.05) is 72.9 Å². The molecule has 34 heavy (non-hydrogen) atoms. The molecule has 190 valence electrons. The molecule has 0 spiro atoms. The van der Waals surface area contributed by atoms with Crippen molar-refractivity contribution >= 4 is 17.2 Å². The van der Waals surface area contributed by atoms with Gasteiger partial charge in [-0.05, 0) is 55.7 Å². The third-order valence-corrected chi connectivity index (χ3v) is 4.65. The molecule has 6 heteroatoms. The minimum Gasteiger partial charge on any atom is -0.512 e. The van der Waals surface area contributed by atoms with E-state index in [9.17, 15) is 20.0 Å². The number of nitro groups is 1. The Morgan fingerprint density at radius 3 is 1.88 bits per heavy atom. The third kappa shape index (κ3) is 15.6. The van der Waals surface area contributed by atoms with E-state index in [-0.39, 0.29) is 17.4 Å². The molecular weight excluding hydrogens is 428 g/mol. The molecule has 6 nitrogen and oxygen atoms in total. The number of aliphatic hydroxyl groups is 1. The normalized spacial score (nSPS) is 10.9. The van der Waals surface area contributed by atoms with E-state index in [1.54, 1.807) is 0 Å². The average Bonchev–Trinajstić information content (AvgIpc) is 2.85. The summed E-state index contributed by atoms with van der Waals surface area (Å²) >= 11 is 0. The van der Waals surface area contributed by atoms with Gasteiger partial charge in [-0.2, -0.15) is 0 Å². The average molecular weight is 473 g/mol. The molecule has 0 saturated carbocycles. The van der Waals surface area contributed by atoms with E-state index in [2.05, 4.69) is 20.8 Å². The predicted octanol–water partition coefficient (Wildman–Crippen LogP) is 8.32. The Balaban J connectivity index is 0. The van der Waals surface area contributed by atoms with Crippen LogP contribution in [0.15, 0.2) is 60.4 Å². The summed E-state index contributed by atoms with van der Waals surface area (Å²) in [6.07, 6.45) is 7.42. The number of anilines is 1. The highest BCUT2D eigenvalue weighted by molar-refractivity contribution is 5.94. The SMILES string of the molecule is CC.CC(=O)c1ccc([N+](=O)[O-])cc1.CCCC.CCCC=C(O)C(C)Cc1ccc(N)cc1. The summed E-state index contributed by atoms with van der Waals surface area (Å²) < 4.78 is 0. The van der Waals surface area contributed by atoms with Gasteiger partial charge >= 0.3 is 0 Å². The Hall–Kier alpha value is -3.15. The van der Waals surface area contributed by atoms with Gasteiger partial charge in [0.2, 0.25) is 0 Å². The molecule has 1 atom stereocenters. The highest BCUT2D eigenvalue weighted by Crippen LogP contribution is 2.16. The zero-order chi connectivity index (χ0) is 26.5. The number of Topliss-reactive ketones (excluding diaryl/α,β-unsaturated/α-hetero) is 1. The number of hydrogen-bond donors (Lipinski definition) is 2. The van der Waals surface area contributed by atoms with Crippen LogP contribution in [0.4, 0.5) is 11.4 Å². The van der Waals surface area contributed by atoms with Gasteiger partial charge in [0.05, 0.1) is 10.7 Å². The lowest BCUT2D eigenvalue weighted by Crippen LogP contribution is -2.03. The summed E-state index contributed by atoms with van der Waals surface area (Å²) in [6, 6.07) is 13.3. The summed E-state index contributed by atoms with van der Waals surface area (Å²) in [5.41, 5.74) is 8.10. The van der Waals surface area contributed by atoms with Gasteiger partial charge in [0.1, 0.15) is 0 Å². The Morgan fingerprint density at radius 2 is 1.50 bits per heavy atom. The number of nitrogens with two attached hydrogens (primary N) is 1. The van der Waals surface area contributed by atoms with Crippen molar-refractivity contribution in [2.24, 2.45) is 5.92 Å². The topological polar surface area (TPSA) is 106 Å².